The van der Waals surface area contributed by atoms with Gasteiger partial charge in [-0.15, -0.1) is 0 Å². The highest BCUT2D eigenvalue weighted by atomic mass is 16.2. The van der Waals surface area contributed by atoms with Crippen LogP contribution in [0, 0.1) is 6.92 Å². The zero-order valence-electron chi connectivity index (χ0n) is 12.4. The van der Waals surface area contributed by atoms with Crippen LogP contribution in [-0.2, 0) is 0 Å². The number of hydrogen-bond acceptors (Lipinski definition) is 3. The van der Waals surface area contributed by atoms with Crippen LogP contribution >= 0.6 is 0 Å². The molecule has 5 nitrogen and oxygen atoms in total. The summed E-state index contributed by atoms with van der Waals surface area (Å²) in [6, 6.07) is 17.3. The number of aryl methyl sites for hydroxylation is 1. The van der Waals surface area contributed by atoms with Crippen molar-refractivity contribution in [2.75, 3.05) is 0 Å². The van der Waals surface area contributed by atoms with Crippen molar-refractivity contribution in [3.63, 3.8) is 0 Å². The lowest BCUT2D eigenvalue weighted by Gasteiger charge is -2.18. The lowest BCUT2D eigenvalue weighted by Crippen LogP contribution is -2.27. The number of nitrogens with zero attached hydrogens (tertiary/aromatic N) is 2. The number of pyridine rings is 1. The second-order valence-corrected chi connectivity index (χ2v) is 5.43. The van der Waals surface area contributed by atoms with Gasteiger partial charge in [0.25, 0.3) is 5.56 Å². The summed E-state index contributed by atoms with van der Waals surface area (Å²) in [5, 5.41) is 0.911. The van der Waals surface area contributed by atoms with E-state index in [0.717, 1.165) is 22.2 Å². The minimum absolute atomic E-state index is 0.367. The van der Waals surface area contributed by atoms with Gasteiger partial charge in [0.15, 0.2) is 5.82 Å². The Kier molecular flexibility index (Phi) is 2.87. The second kappa shape index (κ2) is 4.91. The average Bonchev–Trinajstić information content (AvgIpc) is 2.54. The third-order valence-corrected chi connectivity index (χ3v) is 3.96. The molecule has 2 aliphatic rings. The zero-order chi connectivity index (χ0) is 16.0. The summed E-state index contributed by atoms with van der Waals surface area (Å²) >= 11 is 0. The van der Waals surface area contributed by atoms with Crippen molar-refractivity contribution in [2.24, 2.45) is 0 Å². The van der Waals surface area contributed by atoms with E-state index in [0.29, 0.717) is 11.4 Å². The maximum absolute atomic E-state index is 12.2. The lowest BCUT2D eigenvalue weighted by molar-refractivity contribution is 0.955. The van der Waals surface area contributed by atoms with Crippen molar-refractivity contribution in [1.29, 1.82) is 0 Å². The minimum atomic E-state index is -0.639. The first-order valence-corrected chi connectivity index (χ1v) is 7.26. The molecule has 4 rings (SSSR count). The molecule has 0 saturated carbocycles. The normalized spacial score (nSPS) is 11.2. The van der Waals surface area contributed by atoms with Crippen LogP contribution in [0.2, 0.25) is 0 Å². The molecule has 0 spiro atoms. The van der Waals surface area contributed by atoms with Crippen molar-refractivity contribution < 1.29 is 0 Å². The van der Waals surface area contributed by atoms with Crippen molar-refractivity contribution in [3.8, 4) is 17.1 Å². The Bertz CT molecular complexity index is 1120. The molecule has 0 aromatic heterocycles. The molecule has 0 aliphatic carbocycles. The van der Waals surface area contributed by atoms with Crippen LogP contribution in [0.25, 0.3) is 28.0 Å². The van der Waals surface area contributed by atoms with Crippen LogP contribution in [0.3, 0.4) is 0 Å². The first-order chi connectivity index (χ1) is 11.1. The third kappa shape index (κ3) is 2.05. The summed E-state index contributed by atoms with van der Waals surface area (Å²) < 4.78 is 1.87. The molecule has 0 amide bonds. The number of fused-ring (bicyclic) bond motifs is 2. The van der Waals surface area contributed by atoms with Gasteiger partial charge < -0.3 is 0 Å². The molecule has 2 aromatic rings. The van der Waals surface area contributed by atoms with Crippen molar-refractivity contribution in [1.82, 2.24) is 14.5 Å². The van der Waals surface area contributed by atoms with E-state index in [-0.39, 0.29) is 0 Å². The molecule has 0 unspecified atom stereocenters. The molecule has 2 aliphatic heterocycles. The van der Waals surface area contributed by atoms with Gasteiger partial charge in [-0.2, -0.15) is 4.98 Å². The fraction of sp³-hybridized carbons (Fsp3) is 0.0556. The standard InChI is InChI=1S/C18H13N3O2/c1-11-6-2-4-8-14(11)21-15-9-5-3-7-12(15)10-13-16(21)19-18(23)20-17(13)22/h2-10H,1H3,(H,20,22,23). The van der Waals surface area contributed by atoms with Crippen LogP contribution in [-0.4, -0.2) is 14.5 Å². The highest BCUT2D eigenvalue weighted by molar-refractivity contribution is 5.87. The highest BCUT2D eigenvalue weighted by Crippen LogP contribution is 2.28. The highest BCUT2D eigenvalue weighted by Gasteiger charge is 2.18. The Morgan fingerprint density at radius 2 is 1.74 bits per heavy atom. The van der Waals surface area contributed by atoms with E-state index >= 15 is 0 Å². The van der Waals surface area contributed by atoms with Crippen molar-refractivity contribution in [3.05, 3.63) is 81.0 Å². The summed E-state index contributed by atoms with van der Waals surface area (Å²) in [6.45, 7) is 1.99. The van der Waals surface area contributed by atoms with Crippen molar-refractivity contribution >= 4 is 10.9 Å². The molecule has 2 aromatic carbocycles. The lowest BCUT2D eigenvalue weighted by atomic mass is 10.1. The quantitative estimate of drug-likeness (QED) is 0.549. The van der Waals surface area contributed by atoms with Gasteiger partial charge in [0, 0.05) is 0 Å². The van der Waals surface area contributed by atoms with E-state index in [2.05, 4.69) is 9.97 Å². The Morgan fingerprint density at radius 3 is 2.57 bits per heavy atom. The van der Waals surface area contributed by atoms with Gasteiger partial charge in [-0.1, -0.05) is 36.4 Å². The van der Waals surface area contributed by atoms with Gasteiger partial charge in [0.2, 0.25) is 0 Å². The fourth-order valence-electron chi connectivity index (χ4n) is 2.89. The van der Waals surface area contributed by atoms with Crippen LogP contribution in [0.1, 0.15) is 5.56 Å². The summed E-state index contributed by atoms with van der Waals surface area (Å²) in [7, 11) is 0. The van der Waals surface area contributed by atoms with Gasteiger partial charge in [-0.05, 0) is 36.1 Å². The molecule has 0 bridgehead atoms. The second-order valence-electron chi connectivity index (χ2n) is 5.43. The third-order valence-electron chi connectivity index (χ3n) is 3.96. The van der Waals surface area contributed by atoms with Gasteiger partial charge in [-0.25, -0.2) is 4.79 Å². The molecule has 23 heavy (non-hydrogen) atoms. The molecule has 112 valence electrons. The van der Waals surface area contributed by atoms with E-state index < -0.39 is 11.2 Å². The summed E-state index contributed by atoms with van der Waals surface area (Å²) in [6.07, 6.45) is 0. The minimum Gasteiger partial charge on any atom is -0.293 e. The number of H-pyrrole nitrogens is 1. The summed E-state index contributed by atoms with van der Waals surface area (Å²) in [5.74, 6) is 0.367. The van der Waals surface area contributed by atoms with Gasteiger partial charge in [0.05, 0.1) is 16.8 Å². The van der Waals surface area contributed by atoms with Crippen LogP contribution in [0.4, 0.5) is 0 Å². The predicted octanol–water partition coefficient (Wildman–Crippen LogP) is 2.49. The molecule has 0 saturated heterocycles. The molecule has 2 heterocycles. The Morgan fingerprint density at radius 1 is 1.00 bits per heavy atom. The summed E-state index contributed by atoms with van der Waals surface area (Å²) in [5.41, 5.74) is 2.16. The molecular formula is C18H13N3O2. The number of aromatic nitrogens is 3. The predicted molar refractivity (Wildman–Crippen MR) is 89.3 cm³/mol. The number of hydrogen-bond donors (Lipinski definition) is 1. The first kappa shape index (κ1) is 13.5. The Hall–Kier alpha value is -3.21. The number of benzene rings is 2. The topological polar surface area (TPSA) is 67.8 Å². The van der Waals surface area contributed by atoms with E-state index in [4.69, 9.17) is 0 Å². The maximum Gasteiger partial charge on any atom is 0.349 e. The summed E-state index contributed by atoms with van der Waals surface area (Å²) in [4.78, 5) is 30.2. The Labute approximate surface area is 131 Å². The zero-order valence-corrected chi connectivity index (χ0v) is 12.4. The van der Waals surface area contributed by atoms with E-state index in [9.17, 15) is 9.59 Å². The van der Waals surface area contributed by atoms with Crippen LogP contribution < -0.4 is 11.2 Å². The smallest absolute Gasteiger partial charge is 0.293 e. The largest absolute Gasteiger partial charge is 0.349 e. The molecule has 0 fully saturated rings. The van der Waals surface area contributed by atoms with E-state index in [1.807, 2.05) is 60.0 Å². The molecule has 5 heteroatoms. The fourth-order valence-corrected chi connectivity index (χ4v) is 2.89. The molecular weight excluding hydrogens is 290 g/mol. The first-order valence-electron chi connectivity index (χ1n) is 7.26. The van der Waals surface area contributed by atoms with Gasteiger partial charge in [0.1, 0.15) is 0 Å². The average molecular weight is 303 g/mol. The SMILES string of the molecule is Cc1ccccc1-n1c2nc(=O)[nH]c(=O)c-2cc2ccccc21. The van der Waals surface area contributed by atoms with Gasteiger partial charge >= 0.3 is 5.69 Å². The van der Waals surface area contributed by atoms with Gasteiger partial charge in [-0.3, -0.25) is 14.3 Å². The molecule has 0 radical (unpaired) electrons. The van der Waals surface area contributed by atoms with Crippen LogP contribution in [0.5, 0.6) is 0 Å². The molecule has 0 atom stereocenters. The monoisotopic (exact) mass is 303 g/mol. The van der Waals surface area contributed by atoms with E-state index in [1.54, 1.807) is 6.07 Å². The number of aromatic amines is 1. The van der Waals surface area contributed by atoms with Crippen molar-refractivity contribution in [2.45, 2.75) is 6.92 Å². The number of nitrogens with one attached hydrogen (secondary N) is 1. The maximum atomic E-state index is 12.2. The van der Waals surface area contributed by atoms with Crippen LogP contribution in [0.15, 0.2) is 64.2 Å². The number of para-hydroxylation sites is 2. The Balaban J connectivity index is 2.29. The number of rotatable bonds is 1. The van der Waals surface area contributed by atoms with E-state index in [1.165, 1.54) is 0 Å². The molecule has 1 N–H and O–H groups in total.